The molecule has 0 unspecified atom stereocenters. The third-order valence-corrected chi connectivity index (χ3v) is 7.10. The Morgan fingerprint density at radius 2 is 1.65 bits per heavy atom. The number of carbonyl (C=O) groups is 1. The molecular formula is C22H24N4O4S. The lowest BCUT2D eigenvalue weighted by atomic mass is 9.94. The fourth-order valence-corrected chi connectivity index (χ4v) is 5.55. The molecule has 8 nitrogen and oxygen atoms in total. The molecule has 2 aromatic carbocycles. The number of hydrogen-bond acceptors (Lipinski definition) is 6. The van der Waals surface area contributed by atoms with Crippen molar-refractivity contribution in [2.75, 3.05) is 18.4 Å². The minimum Gasteiger partial charge on any atom is -0.403 e. The van der Waals surface area contributed by atoms with E-state index >= 15 is 0 Å². The zero-order valence-electron chi connectivity index (χ0n) is 17.4. The van der Waals surface area contributed by atoms with Crippen LogP contribution in [0.2, 0.25) is 0 Å². The van der Waals surface area contributed by atoms with Crippen molar-refractivity contribution < 1.29 is 17.6 Å². The number of piperidine rings is 1. The predicted octanol–water partition coefficient (Wildman–Crippen LogP) is 3.66. The van der Waals surface area contributed by atoms with Crippen molar-refractivity contribution in [3.63, 3.8) is 0 Å². The van der Waals surface area contributed by atoms with E-state index in [-0.39, 0.29) is 10.9 Å². The normalized spacial score (nSPS) is 19.8. The molecule has 1 N–H and O–H groups in total. The fourth-order valence-electron chi connectivity index (χ4n) is 3.87. The summed E-state index contributed by atoms with van der Waals surface area (Å²) in [7, 11) is -3.60. The van der Waals surface area contributed by atoms with Crippen LogP contribution in [0.4, 0.5) is 6.01 Å². The highest BCUT2D eigenvalue weighted by Crippen LogP contribution is 2.27. The van der Waals surface area contributed by atoms with Crippen LogP contribution in [-0.2, 0) is 10.0 Å². The van der Waals surface area contributed by atoms with Crippen molar-refractivity contribution in [1.29, 1.82) is 0 Å². The third kappa shape index (κ3) is 4.67. The Morgan fingerprint density at radius 3 is 2.29 bits per heavy atom. The van der Waals surface area contributed by atoms with Crippen LogP contribution in [0.25, 0.3) is 11.5 Å². The molecule has 0 saturated carbocycles. The summed E-state index contributed by atoms with van der Waals surface area (Å²) in [5, 5.41) is 10.3. The molecule has 2 atom stereocenters. The van der Waals surface area contributed by atoms with E-state index in [2.05, 4.69) is 29.4 Å². The van der Waals surface area contributed by atoms with Crippen molar-refractivity contribution >= 4 is 21.9 Å². The molecule has 162 valence electrons. The Kier molecular flexibility index (Phi) is 5.88. The molecule has 31 heavy (non-hydrogen) atoms. The van der Waals surface area contributed by atoms with Gasteiger partial charge in [-0.2, -0.15) is 4.31 Å². The van der Waals surface area contributed by atoms with Gasteiger partial charge in [-0.15, -0.1) is 5.10 Å². The topological polar surface area (TPSA) is 105 Å². The highest BCUT2D eigenvalue weighted by atomic mass is 32.2. The Bertz CT molecular complexity index is 1150. The largest absolute Gasteiger partial charge is 0.403 e. The Balaban J connectivity index is 1.45. The summed E-state index contributed by atoms with van der Waals surface area (Å²) in [6, 6.07) is 15.0. The third-order valence-electron chi connectivity index (χ3n) is 5.26. The van der Waals surface area contributed by atoms with Gasteiger partial charge >= 0.3 is 6.01 Å². The second-order valence-electron chi connectivity index (χ2n) is 8.02. The fraction of sp³-hybridized carbons (Fsp3) is 0.318. The smallest absolute Gasteiger partial charge is 0.322 e. The van der Waals surface area contributed by atoms with Gasteiger partial charge in [-0.1, -0.05) is 37.1 Å². The second kappa shape index (κ2) is 8.60. The molecule has 3 aromatic rings. The van der Waals surface area contributed by atoms with Crippen LogP contribution in [0, 0.1) is 11.8 Å². The van der Waals surface area contributed by atoms with E-state index in [1.165, 1.54) is 28.6 Å². The van der Waals surface area contributed by atoms with Crippen LogP contribution in [0.3, 0.4) is 0 Å². The molecule has 4 rings (SSSR count). The van der Waals surface area contributed by atoms with Gasteiger partial charge in [-0.3, -0.25) is 10.1 Å². The van der Waals surface area contributed by atoms with Gasteiger partial charge in [-0.05, 0) is 54.7 Å². The molecule has 9 heteroatoms. The van der Waals surface area contributed by atoms with E-state index in [9.17, 15) is 13.2 Å². The van der Waals surface area contributed by atoms with E-state index in [0.29, 0.717) is 36.4 Å². The summed E-state index contributed by atoms with van der Waals surface area (Å²) in [6.45, 7) is 5.14. The molecule has 2 heterocycles. The number of amides is 1. The monoisotopic (exact) mass is 440 g/mol. The lowest BCUT2D eigenvalue weighted by Crippen LogP contribution is -2.42. The van der Waals surface area contributed by atoms with Crippen LogP contribution in [-0.4, -0.2) is 41.9 Å². The summed E-state index contributed by atoms with van der Waals surface area (Å²) in [4.78, 5) is 12.7. The highest BCUT2D eigenvalue weighted by molar-refractivity contribution is 7.89. The number of sulfonamides is 1. The first-order valence-corrected chi connectivity index (χ1v) is 11.6. The summed E-state index contributed by atoms with van der Waals surface area (Å²) >= 11 is 0. The number of rotatable bonds is 5. The molecule has 1 aliphatic heterocycles. The summed E-state index contributed by atoms with van der Waals surface area (Å²) in [6.07, 6.45) is 1.02. The Morgan fingerprint density at radius 1 is 1.00 bits per heavy atom. The number of aromatic nitrogens is 2. The molecular weight excluding hydrogens is 416 g/mol. The average molecular weight is 441 g/mol. The zero-order valence-corrected chi connectivity index (χ0v) is 18.2. The molecule has 1 fully saturated rings. The molecule has 1 saturated heterocycles. The van der Waals surface area contributed by atoms with Gasteiger partial charge in [-0.25, -0.2) is 8.42 Å². The summed E-state index contributed by atoms with van der Waals surface area (Å²) in [5.41, 5.74) is 1.03. The number of hydrogen-bond donors (Lipinski definition) is 1. The maximum atomic E-state index is 13.0. The molecule has 1 aromatic heterocycles. The van der Waals surface area contributed by atoms with Gasteiger partial charge < -0.3 is 4.42 Å². The van der Waals surface area contributed by atoms with E-state index in [1.807, 2.05) is 30.3 Å². The second-order valence-corrected chi connectivity index (χ2v) is 9.96. The Hall–Kier alpha value is -3.04. The number of carbonyl (C=O) groups excluding carboxylic acids is 1. The van der Waals surface area contributed by atoms with E-state index < -0.39 is 15.9 Å². The Labute approximate surface area is 181 Å². The summed E-state index contributed by atoms with van der Waals surface area (Å²) < 4.78 is 33.0. The van der Waals surface area contributed by atoms with Crippen LogP contribution in [0.5, 0.6) is 0 Å². The molecule has 1 amide bonds. The van der Waals surface area contributed by atoms with Crippen molar-refractivity contribution in [2.45, 2.75) is 25.2 Å². The standard InChI is InChI=1S/C22H24N4O4S/c1-15-12-16(2)14-26(13-15)31(28,29)19-10-8-17(9-11-19)20(27)23-22-25-24-21(30-22)18-6-4-3-5-7-18/h3-11,15-16H,12-14H2,1-2H3,(H,23,25,27)/t15-,16+. The van der Waals surface area contributed by atoms with Crippen LogP contribution >= 0.6 is 0 Å². The first-order chi connectivity index (χ1) is 14.8. The van der Waals surface area contributed by atoms with Crippen LogP contribution in [0.15, 0.2) is 63.9 Å². The molecule has 0 bridgehead atoms. The van der Waals surface area contributed by atoms with Gasteiger partial charge in [0.2, 0.25) is 15.9 Å². The molecule has 0 spiro atoms. The van der Waals surface area contributed by atoms with Crippen molar-refractivity contribution in [1.82, 2.24) is 14.5 Å². The zero-order chi connectivity index (χ0) is 22.0. The molecule has 0 radical (unpaired) electrons. The highest BCUT2D eigenvalue weighted by Gasteiger charge is 2.31. The number of nitrogens with one attached hydrogen (secondary N) is 1. The lowest BCUT2D eigenvalue weighted by Gasteiger charge is -2.34. The SMILES string of the molecule is C[C@@H]1C[C@H](C)CN(S(=O)(=O)c2ccc(C(=O)Nc3nnc(-c4ccccc4)o3)cc2)C1. The lowest BCUT2D eigenvalue weighted by molar-refractivity contribution is 0.102. The minimum absolute atomic E-state index is 0.0307. The van der Waals surface area contributed by atoms with Gasteiger partial charge in [0.25, 0.3) is 5.91 Å². The minimum atomic E-state index is -3.60. The van der Waals surface area contributed by atoms with Gasteiger partial charge in [0.05, 0.1) is 4.90 Å². The van der Waals surface area contributed by atoms with E-state index in [1.54, 1.807) is 0 Å². The van der Waals surface area contributed by atoms with E-state index in [4.69, 9.17) is 4.42 Å². The first kappa shape index (κ1) is 21.2. The number of anilines is 1. The summed E-state index contributed by atoms with van der Waals surface area (Å²) in [5.74, 6) is 0.465. The van der Waals surface area contributed by atoms with Gasteiger partial charge in [0.1, 0.15) is 0 Å². The van der Waals surface area contributed by atoms with Crippen molar-refractivity contribution in [3.8, 4) is 11.5 Å². The average Bonchev–Trinajstić information content (AvgIpc) is 3.22. The quantitative estimate of drug-likeness (QED) is 0.649. The van der Waals surface area contributed by atoms with Crippen molar-refractivity contribution in [3.05, 3.63) is 60.2 Å². The maximum absolute atomic E-state index is 13.0. The van der Waals surface area contributed by atoms with Gasteiger partial charge in [0.15, 0.2) is 0 Å². The van der Waals surface area contributed by atoms with Gasteiger partial charge in [0, 0.05) is 24.2 Å². The maximum Gasteiger partial charge on any atom is 0.322 e. The number of benzene rings is 2. The first-order valence-electron chi connectivity index (χ1n) is 10.1. The van der Waals surface area contributed by atoms with Crippen LogP contribution < -0.4 is 5.32 Å². The predicted molar refractivity (Wildman–Crippen MR) is 116 cm³/mol. The van der Waals surface area contributed by atoms with E-state index in [0.717, 1.165) is 12.0 Å². The van der Waals surface area contributed by atoms with Crippen molar-refractivity contribution in [2.24, 2.45) is 11.8 Å². The van der Waals surface area contributed by atoms with Crippen LogP contribution in [0.1, 0.15) is 30.6 Å². The molecule has 1 aliphatic rings. The number of nitrogens with zero attached hydrogens (tertiary/aromatic N) is 3. The molecule has 0 aliphatic carbocycles.